The van der Waals surface area contributed by atoms with Gasteiger partial charge in [-0.05, 0) is 80.5 Å². The van der Waals surface area contributed by atoms with Crippen LogP contribution < -0.4 is 4.74 Å². The normalized spacial score (nSPS) is 36.9. The molecule has 5 aliphatic rings. The maximum atomic E-state index is 13.0. The van der Waals surface area contributed by atoms with Gasteiger partial charge in [-0.15, -0.1) is 0 Å². The Hall–Kier alpha value is -1.11. The maximum Gasteiger partial charge on any atom is 0.243 e. The molecular formula is C21H30N2O3S. The summed E-state index contributed by atoms with van der Waals surface area (Å²) in [7, 11) is -1.82. The van der Waals surface area contributed by atoms with E-state index in [0.29, 0.717) is 29.3 Å². The van der Waals surface area contributed by atoms with E-state index in [0.717, 1.165) is 30.8 Å². The van der Waals surface area contributed by atoms with Crippen molar-refractivity contribution in [2.45, 2.75) is 49.0 Å². The predicted molar refractivity (Wildman–Crippen MR) is 104 cm³/mol. The van der Waals surface area contributed by atoms with Crippen LogP contribution in [0.2, 0.25) is 0 Å². The molecule has 0 radical (unpaired) electrons. The van der Waals surface area contributed by atoms with Crippen LogP contribution in [-0.4, -0.2) is 56.5 Å². The van der Waals surface area contributed by atoms with Gasteiger partial charge in [-0.1, -0.05) is 0 Å². The van der Waals surface area contributed by atoms with E-state index < -0.39 is 10.0 Å². The van der Waals surface area contributed by atoms with Crippen LogP contribution in [0.4, 0.5) is 0 Å². The van der Waals surface area contributed by atoms with Crippen LogP contribution in [-0.2, 0) is 10.0 Å². The molecule has 4 saturated carbocycles. The quantitative estimate of drug-likeness (QED) is 0.793. The molecule has 0 aromatic heterocycles. The van der Waals surface area contributed by atoms with Crippen LogP contribution in [0.25, 0.3) is 0 Å². The summed E-state index contributed by atoms with van der Waals surface area (Å²) in [6.45, 7) is 2.97. The van der Waals surface area contributed by atoms with Crippen molar-refractivity contribution < 1.29 is 13.2 Å². The second-order valence-electron chi connectivity index (χ2n) is 9.21. The third kappa shape index (κ3) is 3.00. The second kappa shape index (κ2) is 6.46. The topological polar surface area (TPSA) is 49.9 Å². The minimum Gasteiger partial charge on any atom is -0.497 e. The zero-order valence-corrected chi connectivity index (χ0v) is 17.0. The van der Waals surface area contributed by atoms with Gasteiger partial charge in [-0.2, -0.15) is 4.31 Å². The van der Waals surface area contributed by atoms with Crippen LogP contribution in [0.15, 0.2) is 29.2 Å². The molecule has 4 aliphatic carbocycles. The van der Waals surface area contributed by atoms with Gasteiger partial charge in [0.15, 0.2) is 0 Å². The summed E-state index contributed by atoms with van der Waals surface area (Å²) in [4.78, 5) is 3.03. The average Bonchev–Trinajstić information content (AvgIpc) is 2.67. The number of hydrogen-bond acceptors (Lipinski definition) is 4. The fourth-order valence-corrected chi connectivity index (χ4v) is 8.17. The molecule has 0 amide bonds. The first kappa shape index (κ1) is 18.0. The molecule has 6 heteroatoms. The highest BCUT2D eigenvalue weighted by Gasteiger charge is 2.53. The van der Waals surface area contributed by atoms with Gasteiger partial charge >= 0.3 is 0 Å². The van der Waals surface area contributed by atoms with Crippen LogP contribution in [0, 0.1) is 17.8 Å². The Morgan fingerprint density at radius 1 is 0.889 bits per heavy atom. The van der Waals surface area contributed by atoms with E-state index in [1.807, 2.05) is 0 Å². The zero-order valence-electron chi connectivity index (χ0n) is 16.1. The maximum absolute atomic E-state index is 13.0. The Balaban J connectivity index is 1.28. The van der Waals surface area contributed by atoms with Crippen molar-refractivity contribution in [1.29, 1.82) is 0 Å². The van der Waals surface area contributed by atoms with Crippen LogP contribution >= 0.6 is 0 Å². The van der Waals surface area contributed by atoms with Crippen molar-refractivity contribution in [3.05, 3.63) is 24.3 Å². The molecule has 5 nitrogen and oxygen atoms in total. The van der Waals surface area contributed by atoms with Gasteiger partial charge in [0, 0.05) is 31.7 Å². The van der Waals surface area contributed by atoms with E-state index in [1.54, 1.807) is 35.7 Å². The number of sulfonamides is 1. The first-order valence-electron chi connectivity index (χ1n) is 10.4. The lowest BCUT2D eigenvalue weighted by Crippen LogP contribution is -2.64. The largest absolute Gasteiger partial charge is 0.497 e. The summed E-state index contributed by atoms with van der Waals surface area (Å²) in [5.74, 6) is 3.47. The zero-order chi connectivity index (χ0) is 18.6. The second-order valence-corrected chi connectivity index (χ2v) is 11.1. The Labute approximate surface area is 162 Å². The third-order valence-electron chi connectivity index (χ3n) is 7.61. The van der Waals surface area contributed by atoms with E-state index in [1.165, 1.54) is 38.5 Å². The van der Waals surface area contributed by atoms with Crippen molar-refractivity contribution in [3.63, 3.8) is 0 Å². The van der Waals surface area contributed by atoms with Gasteiger partial charge in [0.25, 0.3) is 0 Å². The SMILES string of the molecule is COc1ccc(S(=O)(=O)N2CCN(C34CC5CC(CC(C5)C3)C4)CC2)cc1. The molecule has 0 atom stereocenters. The van der Waals surface area contributed by atoms with Crippen molar-refractivity contribution in [3.8, 4) is 5.75 Å². The van der Waals surface area contributed by atoms with Crippen LogP contribution in [0.3, 0.4) is 0 Å². The fourth-order valence-electron chi connectivity index (χ4n) is 6.75. The first-order chi connectivity index (χ1) is 13.0. The number of benzene rings is 1. The molecule has 5 fully saturated rings. The highest BCUT2D eigenvalue weighted by molar-refractivity contribution is 7.89. The van der Waals surface area contributed by atoms with Crippen molar-refractivity contribution >= 4 is 10.0 Å². The Morgan fingerprint density at radius 3 is 1.89 bits per heavy atom. The molecule has 1 aliphatic heterocycles. The highest BCUT2D eigenvalue weighted by Crippen LogP contribution is 2.57. The number of nitrogens with zero attached hydrogens (tertiary/aromatic N) is 2. The molecular weight excluding hydrogens is 360 g/mol. The van der Waals surface area contributed by atoms with Gasteiger partial charge in [0.2, 0.25) is 10.0 Å². The van der Waals surface area contributed by atoms with Crippen LogP contribution in [0.5, 0.6) is 5.75 Å². The average molecular weight is 391 g/mol. The summed E-state index contributed by atoms with van der Waals surface area (Å²) < 4.78 is 32.8. The Morgan fingerprint density at radius 2 is 1.41 bits per heavy atom. The molecule has 148 valence electrons. The number of hydrogen-bond donors (Lipinski definition) is 0. The predicted octanol–water partition coefficient (Wildman–Crippen LogP) is 2.97. The summed E-state index contributed by atoms with van der Waals surface area (Å²) in [6.07, 6.45) is 8.40. The van der Waals surface area contributed by atoms with Crippen molar-refractivity contribution in [2.24, 2.45) is 17.8 Å². The lowest BCUT2D eigenvalue weighted by Gasteiger charge is -2.61. The Bertz CT molecular complexity index is 762. The molecule has 1 aromatic carbocycles. The van der Waals surface area contributed by atoms with Gasteiger partial charge < -0.3 is 4.74 Å². The smallest absolute Gasteiger partial charge is 0.243 e. The van der Waals surface area contributed by atoms with Gasteiger partial charge in [0.05, 0.1) is 12.0 Å². The number of rotatable bonds is 4. The van der Waals surface area contributed by atoms with E-state index >= 15 is 0 Å². The third-order valence-corrected chi connectivity index (χ3v) is 9.53. The molecule has 6 rings (SSSR count). The molecule has 1 heterocycles. The molecule has 1 saturated heterocycles. The molecule has 0 spiro atoms. The van der Waals surface area contributed by atoms with E-state index in [9.17, 15) is 8.42 Å². The molecule has 4 bridgehead atoms. The summed E-state index contributed by atoms with van der Waals surface area (Å²) in [6, 6.07) is 6.75. The summed E-state index contributed by atoms with van der Waals surface area (Å²) in [5.41, 5.74) is 0.380. The lowest BCUT2D eigenvalue weighted by atomic mass is 9.52. The number of piperazine rings is 1. The summed E-state index contributed by atoms with van der Waals surface area (Å²) >= 11 is 0. The first-order valence-corrected chi connectivity index (χ1v) is 11.8. The highest BCUT2D eigenvalue weighted by atomic mass is 32.2. The Kier molecular flexibility index (Phi) is 4.30. The minimum atomic E-state index is -3.42. The fraction of sp³-hybridized carbons (Fsp3) is 0.714. The monoisotopic (exact) mass is 390 g/mol. The van der Waals surface area contributed by atoms with E-state index in [-0.39, 0.29) is 0 Å². The molecule has 0 unspecified atom stereocenters. The molecule has 1 aromatic rings. The molecule has 0 N–H and O–H groups in total. The van der Waals surface area contributed by atoms with Gasteiger partial charge in [-0.25, -0.2) is 8.42 Å². The minimum absolute atomic E-state index is 0.367. The lowest BCUT2D eigenvalue weighted by molar-refractivity contribution is -0.0964. The van der Waals surface area contributed by atoms with Crippen LogP contribution in [0.1, 0.15) is 38.5 Å². The number of ether oxygens (including phenoxy) is 1. The summed E-state index contributed by atoms with van der Waals surface area (Å²) in [5, 5.41) is 0. The standard InChI is InChI=1S/C21H30N2O3S/c1-26-19-2-4-20(5-3-19)27(24,25)23-8-6-22(7-9-23)21-13-16-10-17(14-21)12-18(11-16)15-21/h2-5,16-18H,6-15H2,1H3. The van der Waals surface area contributed by atoms with Crippen molar-refractivity contribution in [2.75, 3.05) is 33.3 Å². The number of methoxy groups -OCH3 is 1. The van der Waals surface area contributed by atoms with Gasteiger partial charge in [-0.3, -0.25) is 4.90 Å². The van der Waals surface area contributed by atoms with Gasteiger partial charge in [0.1, 0.15) is 5.75 Å². The molecule has 27 heavy (non-hydrogen) atoms. The van der Waals surface area contributed by atoms with E-state index in [4.69, 9.17) is 4.74 Å². The van der Waals surface area contributed by atoms with Crippen molar-refractivity contribution in [1.82, 2.24) is 9.21 Å². The van der Waals surface area contributed by atoms with E-state index in [2.05, 4.69) is 4.90 Å².